The number of carbonyl (C=O) groups excluding carboxylic acids is 1. The lowest BCUT2D eigenvalue weighted by Gasteiger charge is -2.33. The molecule has 0 radical (unpaired) electrons. The number of rotatable bonds is 5. The zero-order valence-electron chi connectivity index (χ0n) is 17.7. The molecule has 5 rings (SSSR count). The average Bonchev–Trinajstić information content (AvgIpc) is 3.47. The van der Waals surface area contributed by atoms with E-state index in [1.54, 1.807) is 10.9 Å². The van der Waals surface area contributed by atoms with Gasteiger partial charge in [0.2, 0.25) is 0 Å². The summed E-state index contributed by atoms with van der Waals surface area (Å²) in [4.78, 5) is 24.4. The summed E-state index contributed by atoms with van der Waals surface area (Å²) in [7, 11) is 0. The Hall–Kier alpha value is -3.48. The molecule has 1 aromatic carbocycles. The van der Waals surface area contributed by atoms with Crippen molar-refractivity contribution in [2.45, 2.75) is 38.6 Å². The number of hydrogen-bond donors (Lipinski definition) is 0. The maximum Gasteiger partial charge on any atom is 0.253 e. The van der Waals surface area contributed by atoms with E-state index in [2.05, 4.69) is 21.6 Å². The van der Waals surface area contributed by atoms with Crippen LogP contribution in [0.5, 0.6) is 0 Å². The summed E-state index contributed by atoms with van der Waals surface area (Å²) in [5.41, 5.74) is 3.59. The highest BCUT2D eigenvalue weighted by Crippen LogP contribution is 2.29. The van der Waals surface area contributed by atoms with Gasteiger partial charge in [0, 0.05) is 49.7 Å². The Balaban J connectivity index is 1.30. The normalized spacial score (nSPS) is 14.9. The standard InChI is InChI=1S/C24H26N6O/c1-2-5-22-27-21-6-3-13-25-23(21)30(22)20-11-16-28(17-12-20)24(31)18-7-9-19(10-8-18)29-15-4-14-26-29/h3-4,6-10,13-15,20H,2,5,11-12,16-17H2,1H3. The summed E-state index contributed by atoms with van der Waals surface area (Å²) in [5.74, 6) is 1.20. The number of pyridine rings is 1. The summed E-state index contributed by atoms with van der Waals surface area (Å²) < 4.78 is 4.11. The first-order valence-corrected chi connectivity index (χ1v) is 11.0. The molecule has 0 aliphatic carbocycles. The maximum atomic E-state index is 13.0. The molecule has 1 fully saturated rings. The van der Waals surface area contributed by atoms with Crippen molar-refractivity contribution in [3.05, 3.63) is 72.4 Å². The number of benzene rings is 1. The minimum atomic E-state index is 0.0906. The van der Waals surface area contributed by atoms with Crippen molar-refractivity contribution >= 4 is 17.1 Å². The Morgan fingerprint density at radius 3 is 2.58 bits per heavy atom. The third kappa shape index (κ3) is 3.71. The van der Waals surface area contributed by atoms with Gasteiger partial charge in [-0.05, 0) is 61.7 Å². The Labute approximate surface area is 181 Å². The second-order valence-electron chi connectivity index (χ2n) is 8.02. The molecule has 3 aromatic heterocycles. The van der Waals surface area contributed by atoms with Crippen molar-refractivity contribution in [1.29, 1.82) is 0 Å². The van der Waals surface area contributed by atoms with Gasteiger partial charge < -0.3 is 9.47 Å². The number of aromatic nitrogens is 5. The molecular weight excluding hydrogens is 388 g/mol. The van der Waals surface area contributed by atoms with Crippen molar-refractivity contribution in [1.82, 2.24) is 29.2 Å². The van der Waals surface area contributed by atoms with E-state index in [0.29, 0.717) is 6.04 Å². The van der Waals surface area contributed by atoms with Gasteiger partial charge in [0.1, 0.15) is 11.3 Å². The number of piperidine rings is 1. The molecule has 0 spiro atoms. The molecule has 7 nitrogen and oxygen atoms in total. The van der Waals surface area contributed by atoms with Crippen LogP contribution in [0, 0.1) is 0 Å². The highest BCUT2D eigenvalue weighted by Gasteiger charge is 2.27. The number of fused-ring (bicyclic) bond motifs is 1. The summed E-state index contributed by atoms with van der Waals surface area (Å²) in [6.07, 6.45) is 9.29. The second kappa shape index (κ2) is 8.34. The number of amides is 1. The van der Waals surface area contributed by atoms with Gasteiger partial charge in [-0.25, -0.2) is 14.6 Å². The van der Waals surface area contributed by atoms with Crippen LogP contribution in [0.25, 0.3) is 16.9 Å². The molecule has 0 N–H and O–H groups in total. The molecule has 0 bridgehead atoms. The van der Waals surface area contributed by atoms with Gasteiger partial charge in [-0.1, -0.05) is 6.92 Å². The summed E-state index contributed by atoms with van der Waals surface area (Å²) in [6, 6.07) is 13.8. The molecule has 4 heterocycles. The van der Waals surface area contributed by atoms with Crippen LogP contribution in [-0.2, 0) is 6.42 Å². The van der Waals surface area contributed by atoms with Crippen LogP contribution < -0.4 is 0 Å². The predicted molar refractivity (Wildman–Crippen MR) is 119 cm³/mol. The van der Waals surface area contributed by atoms with Crippen LogP contribution in [0.1, 0.15) is 48.4 Å². The molecule has 0 saturated carbocycles. The fourth-order valence-electron chi connectivity index (χ4n) is 4.45. The van der Waals surface area contributed by atoms with Crippen molar-refractivity contribution < 1.29 is 4.79 Å². The van der Waals surface area contributed by atoms with E-state index in [0.717, 1.165) is 67.0 Å². The number of nitrogens with zero attached hydrogens (tertiary/aromatic N) is 6. The van der Waals surface area contributed by atoms with Gasteiger partial charge in [0.05, 0.1) is 5.69 Å². The molecule has 0 unspecified atom stereocenters. The molecule has 1 amide bonds. The van der Waals surface area contributed by atoms with E-state index in [9.17, 15) is 4.79 Å². The lowest BCUT2D eigenvalue weighted by molar-refractivity contribution is 0.0695. The van der Waals surface area contributed by atoms with Crippen LogP contribution >= 0.6 is 0 Å². The molecule has 158 valence electrons. The van der Waals surface area contributed by atoms with Crippen LogP contribution in [0.2, 0.25) is 0 Å². The number of imidazole rings is 1. The highest BCUT2D eigenvalue weighted by atomic mass is 16.2. The monoisotopic (exact) mass is 414 g/mol. The van der Waals surface area contributed by atoms with E-state index < -0.39 is 0 Å². The van der Waals surface area contributed by atoms with Gasteiger partial charge in [-0.2, -0.15) is 5.10 Å². The third-order valence-corrected chi connectivity index (χ3v) is 6.00. The van der Waals surface area contributed by atoms with E-state index in [1.165, 1.54) is 0 Å². The van der Waals surface area contributed by atoms with Gasteiger partial charge in [0.15, 0.2) is 5.65 Å². The Bertz CT molecular complexity index is 1170. The molecule has 0 atom stereocenters. The summed E-state index contributed by atoms with van der Waals surface area (Å²) in [6.45, 7) is 3.65. The first-order chi connectivity index (χ1) is 15.2. The third-order valence-electron chi connectivity index (χ3n) is 6.00. The fourth-order valence-corrected chi connectivity index (χ4v) is 4.45. The second-order valence-corrected chi connectivity index (χ2v) is 8.02. The Morgan fingerprint density at radius 1 is 1.06 bits per heavy atom. The Kier molecular flexibility index (Phi) is 5.24. The number of hydrogen-bond acceptors (Lipinski definition) is 4. The van der Waals surface area contributed by atoms with Crippen molar-refractivity contribution in [2.75, 3.05) is 13.1 Å². The summed E-state index contributed by atoms with van der Waals surface area (Å²) >= 11 is 0. The smallest absolute Gasteiger partial charge is 0.253 e. The quantitative estimate of drug-likeness (QED) is 0.494. The van der Waals surface area contributed by atoms with Gasteiger partial charge >= 0.3 is 0 Å². The largest absolute Gasteiger partial charge is 0.338 e. The van der Waals surface area contributed by atoms with Crippen molar-refractivity contribution in [3.63, 3.8) is 0 Å². The Morgan fingerprint density at radius 2 is 1.87 bits per heavy atom. The van der Waals surface area contributed by atoms with E-state index >= 15 is 0 Å². The number of carbonyl (C=O) groups is 1. The maximum absolute atomic E-state index is 13.0. The van der Waals surface area contributed by atoms with Crippen molar-refractivity contribution in [3.8, 4) is 5.69 Å². The van der Waals surface area contributed by atoms with Crippen LogP contribution in [-0.4, -0.2) is 48.2 Å². The number of likely N-dealkylation sites (tertiary alicyclic amines) is 1. The number of aryl methyl sites for hydroxylation is 1. The summed E-state index contributed by atoms with van der Waals surface area (Å²) in [5, 5.41) is 4.23. The van der Waals surface area contributed by atoms with E-state index in [4.69, 9.17) is 4.98 Å². The zero-order valence-corrected chi connectivity index (χ0v) is 17.7. The lowest BCUT2D eigenvalue weighted by Crippen LogP contribution is -2.39. The molecule has 1 aliphatic rings. The molecular formula is C24H26N6O. The predicted octanol–water partition coefficient (Wildman–Crippen LogP) is 4.05. The fraction of sp³-hybridized carbons (Fsp3) is 0.333. The highest BCUT2D eigenvalue weighted by molar-refractivity contribution is 5.94. The van der Waals surface area contributed by atoms with Gasteiger partial charge in [-0.15, -0.1) is 0 Å². The zero-order chi connectivity index (χ0) is 21.2. The lowest BCUT2D eigenvalue weighted by atomic mass is 10.0. The SMILES string of the molecule is CCCc1nc2cccnc2n1C1CCN(C(=O)c2ccc(-n3cccn3)cc2)CC1. The minimum absolute atomic E-state index is 0.0906. The van der Waals surface area contributed by atoms with Crippen LogP contribution in [0.4, 0.5) is 0 Å². The minimum Gasteiger partial charge on any atom is -0.338 e. The molecule has 31 heavy (non-hydrogen) atoms. The first kappa shape index (κ1) is 19.5. The van der Waals surface area contributed by atoms with Gasteiger partial charge in [-0.3, -0.25) is 4.79 Å². The van der Waals surface area contributed by atoms with E-state index in [1.807, 2.05) is 59.8 Å². The topological polar surface area (TPSA) is 68.8 Å². The molecule has 1 aliphatic heterocycles. The van der Waals surface area contributed by atoms with Gasteiger partial charge in [0.25, 0.3) is 5.91 Å². The van der Waals surface area contributed by atoms with Crippen molar-refractivity contribution in [2.24, 2.45) is 0 Å². The van der Waals surface area contributed by atoms with E-state index in [-0.39, 0.29) is 5.91 Å². The van der Waals surface area contributed by atoms with Crippen LogP contribution in [0.15, 0.2) is 61.1 Å². The van der Waals surface area contributed by atoms with Crippen LogP contribution in [0.3, 0.4) is 0 Å². The molecule has 7 heteroatoms. The molecule has 1 saturated heterocycles. The molecule has 4 aromatic rings. The first-order valence-electron chi connectivity index (χ1n) is 11.0. The average molecular weight is 415 g/mol.